The summed E-state index contributed by atoms with van der Waals surface area (Å²) in [6.45, 7) is 0.283. The molecule has 26 heavy (non-hydrogen) atoms. The maximum absolute atomic E-state index is 12.7. The summed E-state index contributed by atoms with van der Waals surface area (Å²) in [5, 5.41) is 12.1. The van der Waals surface area contributed by atoms with Gasteiger partial charge in [-0.2, -0.15) is 0 Å². The van der Waals surface area contributed by atoms with Gasteiger partial charge in [0, 0.05) is 0 Å². The number of hydrogen-bond acceptors (Lipinski definition) is 4. The SMILES string of the molecule is COc1ccc([C@@H](CC(=O)O)NC(=O)[C@@H]2COc3ccccc3C2)cc1. The molecule has 0 saturated carbocycles. The van der Waals surface area contributed by atoms with Crippen molar-refractivity contribution in [3.8, 4) is 11.5 Å². The molecular weight excluding hydrogens is 334 g/mol. The molecule has 1 aliphatic heterocycles. The maximum atomic E-state index is 12.7. The first kappa shape index (κ1) is 17.8. The van der Waals surface area contributed by atoms with Crippen molar-refractivity contribution in [2.45, 2.75) is 18.9 Å². The normalized spacial score (nSPS) is 16.7. The van der Waals surface area contributed by atoms with Crippen LogP contribution in [0, 0.1) is 5.92 Å². The zero-order chi connectivity index (χ0) is 18.5. The first-order chi connectivity index (χ1) is 12.6. The lowest BCUT2D eigenvalue weighted by Crippen LogP contribution is -2.39. The second-order valence-electron chi connectivity index (χ2n) is 6.25. The highest BCUT2D eigenvalue weighted by Crippen LogP contribution is 2.28. The Morgan fingerprint density at radius 2 is 1.96 bits per heavy atom. The molecule has 0 bridgehead atoms. The van der Waals surface area contributed by atoms with Crippen molar-refractivity contribution in [3.05, 3.63) is 59.7 Å². The number of amides is 1. The highest BCUT2D eigenvalue weighted by molar-refractivity contribution is 5.81. The van der Waals surface area contributed by atoms with E-state index in [1.54, 1.807) is 31.4 Å². The minimum absolute atomic E-state index is 0.192. The van der Waals surface area contributed by atoms with Crippen LogP contribution in [0.15, 0.2) is 48.5 Å². The van der Waals surface area contributed by atoms with E-state index in [2.05, 4.69) is 5.32 Å². The van der Waals surface area contributed by atoms with Crippen LogP contribution >= 0.6 is 0 Å². The molecular formula is C20H21NO5. The number of para-hydroxylation sites is 1. The monoisotopic (exact) mass is 355 g/mol. The van der Waals surface area contributed by atoms with Crippen molar-refractivity contribution in [1.82, 2.24) is 5.32 Å². The number of carbonyl (C=O) groups is 2. The Labute approximate surface area is 151 Å². The highest BCUT2D eigenvalue weighted by atomic mass is 16.5. The quantitative estimate of drug-likeness (QED) is 0.832. The fourth-order valence-electron chi connectivity index (χ4n) is 3.05. The Bertz CT molecular complexity index is 787. The van der Waals surface area contributed by atoms with E-state index >= 15 is 0 Å². The minimum atomic E-state index is -0.976. The van der Waals surface area contributed by atoms with Crippen LogP contribution < -0.4 is 14.8 Å². The van der Waals surface area contributed by atoms with Crippen LogP contribution in [0.4, 0.5) is 0 Å². The minimum Gasteiger partial charge on any atom is -0.497 e. The van der Waals surface area contributed by atoms with Gasteiger partial charge in [0.15, 0.2) is 0 Å². The van der Waals surface area contributed by atoms with Crippen LogP contribution in [0.25, 0.3) is 0 Å². The molecule has 6 nitrogen and oxygen atoms in total. The second-order valence-corrected chi connectivity index (χ2v) is 6.25. The largest absolute Gasteiger partial charge is 0.497 e. The van der Waals surface area contributed by atoms with Crippen molar-refractivity contribution < 1.29 is 24.2 Å². The molecule has 6 heteroatoms. The lowest BCUT2D eigenvalue weighted by atomic mass is 9.95. The van der Waals surface area contributed by atoms with E-state index < -0.39 is 12.0 Å². The van der Waals surface area contributed by atoms with Crippen LogP contribution in [-0.4, -0.2) is 30.7 Å². The summed E-state index contributed by atoms with van der Waals surface area (Å²) in [7, 11) is 1.56. The number of fused-ring (bicyclic) bond motifs is 1. The van der Waals surface area contributed by atoms with Gasteiger partial charge in [0.25, 0.3) is 0 Å². The summed E-state index contributed by atoms with van der Waals surface area (Å²) in [5.74, 6) is -0.0578. The summed E-state index contributed by atoms with van der Waals surface area (Å²) in [5.41, 5.74) is 1.71. The van der Waals surface area contributed by atoms with Gasteiger partial charge in [-0.15, -0.1) is 0 Å². The number of benzene rings is 2. The number of aliphatic carboxylic acids is 1. The van der Waals surface area contributed by atoms with Crippen molar-refractivity contribution in [2.75, 3.05) is 13.7 Å². The van der Waals surface area contributed by atoms with E-state index in [1.807, 2.05) is 24.3 Å². The Morgan fingerprint density at radius 3 is 2.65 bits per heavy atom. The Hall–Kier alpha value is -3.02. The third kappa shape index (κ3) is 4.14. The van der Waals surface area contributed by atoms with Gasteiger partial charge in [-0.1, -0.05) is 30.3 Å². The predicted octanol–water partition coefficient (Wildman–Crippen LogP) is 2.58. The van der Waals surface area contributed by atoms with Crippen LogP contribution in [0.1, 0.15) is 23.6 Å². The number of rotatable bonds is 6. The number of carboxylic acid groups (broad SMARTS) is 1. The van der Waals surface area contributed by atoms with E-state index in [1.165, 1.54) is 0 Å². The molecule has 0 aromatic heterocycles. The van der Waals surface area contributed by atoms with Crippen molar-refractivity contribution in [3.63, 3.8) is 0 Å². The van der Waals surface area contributed by atoms with Crippen molar-refractivity contribution >= 4 is 11.9 Å². The molecule has 1 aliphatic rings. The van der Waals surface area contributed by atoms with E-state index in [0.29, 0.717) is 12.2 Å². The third-order valence-electron chi connectivity index (χ3n) is 4.46. The predicted molar refractivity (Wildman–Crippen MR) is 95.3 cm³/mol. The van der Waals surface area contributed by atoms with Gasteiger partial charge in [0.1, 0.15) is 18.1 Å². The molecule has 0 saturated heterocycles. The number of carboxylic acids is 1. The number of carbonyl (C=O) groups excluding carboxylic acids is 1. The van der Waals surface area contributed by atoms with E-state index in [-0.39, 0.29) is 24.9 Å². The zero-order valence-corrected chi connectivity index (χ0v) is 14.5. The van der Waals surface area contributed by atoms with Crippen LogP contribution in [0.3, 0.4) is 0 Å². The van der Waals surface area contributed by atoms with Crippen LogP contribution in [-0.2, 0) is 16.0 Å². The van der Waals surface area contributed by atoms with Gasteiger partial charge >= 0.3 is 5.97 Å². The highest BCUT2D eigenvalue weighted by Gasteiger charge is 2.28. The molecule has 2 aromatic rings. The van der Waals surface area contributed by atoms with Crippen molar-refractivity contribution in [1.29, 1.82) is 0 Å². The molecule has 2 N–H and O–H groups in total. The molecule has 1 amide bonds. The standard InChI is InChI=1S/C20H21NO5/c1-25-16-8-6-13(7-9-16)17(11-19(22)23)21-20(24)15-10-14-4-2-3-5-18(14)26-12-15/h2-9,15,17H,10-12H2,1H3,(H,21,24)(H,22,23)/t15-,17+/m0/s1. The van der Waals surface area contributed by atoms with E-state index in [0.717, 1.165) is 16.9 Å². The Kier molecular flexibility index (Phi) is 5.41. The van der Waals surface area contributed by atoms with Gasteiger partial charge in [-0.25, -0.2) is 0 Å². The molecule has 3 rings (SSSR count). The topological polar surface area (TPSA) is 84.9 Å². The zero-order valence-electron chi connectivity index (χ0n) is 14.5. The summed E-state index contributed by atoms with van der Waals surface area (Å²) in [6.07, 6.45) is 0.382. The third-order valence-corrected chi connectivity index (χ3v) is 4.46. The molecule has 0 unspecified atom stereocenters. The van der Waals surface area contributed by atoms with Gasteiger partial charge < -0.3 is 19.9 Å². The lowest BCUT2D eigenvalue weighted by Gasteiger charge is -2.26. The van der Waals surface area contributed by atoms with E-state index in [4.69, 9.17) is 9.47 Å². The first-order valence-electron chi connectivity index (χ1n) is 8.43. The van der Waals surface area contributed by atoms with Gasteiger partial charge in [-0.05, 0) is 35.7 Å². The average Bonchev–Trinajstić information content (AvgIpc) is 2.66. The second kappa shape index (κ2) is 7.91. The molecule has 0 aliphatic carbocycles. The smallest absolute Gasteiger partial charge is 0.305 e. The molecule has 0 spiro atoms. The van der Waals surface area contributed by atoms with Gasteiger partial charge in [0.2, 0.25) is 5.91 Å². The van der Waals surface area contributed by atoms with Gasteiger partial charge in [0.05, 0.1) is 25.5 Å². The summed E-state index contributed by atoms with van der Waals surface area (Å²) in [6, 6.07) is 14.0. The first-order valence-corrected chi connectivity index (χ1v) is 8.43. The lowest BCUT2D eigenvalue weighted by molar-refractivity contribution is -0.138. The van der Waals surface area contributed by atoms with Crippen LogP contribution in [0.5, 0.6) is 11.5 Å². The summed E-state index contributed by atoms with van der Waals surface area (Å²) in [4.78, 5) is 23.9. The fraction of sp³-hybridized carbons (Fsp3) is 0.300. The number of methoxy groups -OCH3 is 1. The van der Waals surface area contributed by atoms with Crippen LogP contribution in [0.2, 0.25) is 0 Å². The molecule has 136 valence electrons. The molecule has 0 radical (unpaired) electrons. The van der Waals surface area contributed by atoms with Crippen molar-refractivity contribution in [2.24, 2.45) is 5.92 Å². The molecule has 0 fully saturated rings. The maximum Gasteiger partial charge on any atom is 0.305 e. The Morgan fingerprint density at radius 1 is 1.23 bits per heavy atom. The summed E-state index contributed by atoms with van der Waals surface area (Å²) < 4.78 is 10.8. The Balaban J connectivity index is 1.72. The molecule has 2 atom stereocenters. The molecule has 2 aromatic carbocycles. The number of hydrogen-bond donors (Lipinski definition) is 2. The fourth-order valence-corrected chi connectivity index (χ4v) is 3.05. The number of ether oxygens (including phenoxy) is 2. The number of nitrogens with one attached hydrogen (secondary N) is 1. The van der Waals surface area contributed by atoms with E-state index in [9.17, 15) is 14.7 Å². The van der Waals surface area contributed by atoms with Gasteiger partial charge in [-0.3, -0.25) is 9.59 Å². The average molecular weight is 355 g/mol. The molecule has 1 heterocycles. The summed E-state index contributed by atoms with van der Waals surface area (Å²) >= 11 is 0.